The minimum absolute atomic E-state index is 0.107. The molecule has 0 fully saturated rings. The van der Waals surface area contributed by atoms with Crippen molar-refractivity contribution in [3.8, 4) is 5.75 Å². The van der Waals surface area contributed by atoms with Gasteiger partial charge in [-0.25, -0.2) is 4.79 Å². The number of amides is 2. The van der Waals surface area contributed by atoms with Crippen LogP contribution < -0.4 is 15.4 Å². The zero-order valence-electron chi connectivity index (χ0n) is 13.8. The topological polar surface area (TPSA) is 93.7 Å². The lowest BCUT2D eigenvalue weighted by Crippen LogP contribution is -2.40. The minimum atomic E-state index is -0.891. The molecular weight excluding hydrogens is 312 g/mol. The molecule has 0 saturated heterocycles. The number of benzene rings is 1. The van der Waals surface area contributed by atoms with Gasteiger partial charge in [-0.15, -0.1) is 0 Å². The lowest BCUT2D eigenvalue weighted by Gasteiger charge is -2.25. The van der Waals surface area contributed by atoms with E-state index in [0.717, 1.165) is 0 Å². The van der Waals surface area contributed by atoms with Crippen molar-refractivity contribution in [3.05, 3.63) is 35.5 Å². The zero-order valence-corrected chi connectivity index (χ0v) is 13.8. The second-order valence-electron chi connectivity index (χ2n) is 5.28. The molecule has 2 rings (SSSR count). The molecule has 1 atom stereocenters. The number of esters is 1. The van der Waals surface area contributed by atoms with Gasteiger partial charge in [0.25, 0.3) is 0 Å². The van der Waals surface area contributed by atoms with E-state index < -0.39 is 17.8 Å². The molecule has 7 nitrogen and oxygen atoms in total. The van der Waals surface area contributed by atoms with Gasteiger partial charge in [-0.1, -0.05) is 0 Å². The van der Waals surface area contributed by atoms with E-state index in [2.05, 4.69) is 10.6 Å². The van der Waals surface area contributed by atoms with Gasteiger partial charge in [-0.2, -0.15) is 0 Å². The number of rotatable bonds is 5. The van der Waals surface area contributed by atoms with Crippen LogP contribution in [0.5, 0.6) is 5.75 Å². The molecule has 2 amide bonds. The number of methoxy groups -OCH3 is 1. The average molecular weight is 332 g/mol. The van der Waals surface area contributed by atoms with Gasteiger partial charge in [0.15, 0.2) is 0 Å². The summed E-state index contributed by atoms with van der Waals surface area (Å²) >= 11 is 0. The van der Waals surface area contributed by atoms with Crippen LogP contribution in [0.2, 0.25) is 0 Å². The largest absolute Gasteiger partial charge is 0.494 e. The number of anilines is 1. The van der Waals surface area contributed by atoms with Gasteiger partial charge in [0.1, 0.15) is 5.75 Å². The molecule has 2 N–H and O–H groups in total. The van der Waals surface area contributed by atoms with Gasteiger partial charge in [0, 0.05) is 17.8 Å². The second-order valence-corrected chi connectivity index (χ2v) is 5.28. The van der Waals surface area contributed by atoms with E-state index >= 15 is 0 Å². The quantitative estimate of drug-likeness (QED) is 0.799. The number of nitrogens with one attached hydrogen (secondary N) is 2. The number of hydrogen-bond donors (Lipinski definition) is 2. The summed E-state index contributed by atoms with van der Waals surface area (Å²) in [6.07, 6.45) is -0.107. The van der Waals surface area contributed by atoms with Crippen LogP contribution in [0, 0.1) is 5.92 Å². The Morgan fingerprint density at radius 1 is 1.29 bits per heavy atom. The Kier molecular flexibility index (Phi) is 5.57. The minimum Gasteiger partial charge on any atom is -0.494 e. The van der Waals surface area contributed by atoms with E-state index in [4.69, 9.17) is 9.47 Å². The normalized spacial score (nSPS) is 17.1. The molecule has 1 aliphatic heterocycles. The second kappa shape index (κ2) is 7.63. The predicted octanol–water partition coefficient (Wildman–Crippen LogP) is 1.61. The predicted molar refractivity (Wildman–Crippen MR) is 87.2 cm³/mol. The maximum absolute atomic E-state index is 12.5. The molecule has 0 radical (unpaired) electrons. The van der Waals surface area contributed by atoms with Crippen LogP contribution in [0.15, 0.2) is 35.5 Å². The monoisotopic (exact) mass is 332 g/mol. The lowest BCUT2D eigenvalue weighted by atomic mass is 9.89. The van der Waals surface area contributed by atoms with Gasteiger partial charge in [-0.3, -0.25) is 9.59 Å². The first kappa shape index (κ1) is 17.5. The Labute approximate surface area is 140 Å². The molecular formula is C17H20N2O5. The van der Waals surface area contributed by atoms with E-state index in [-0.39, 0.29) is 17.9 Å². The highest BCUT2D eigenvalue weighted by molar-refractivity contribution is 6.06. The summed E-state index contributed by atoms with van der Waals surface area (Å²) in [5.74, 6) is -1.57. The molecule has 1 aromatic carbocycles. The summed E-state index contributed by atoms with van der Waals surface area (Å²) in [5, 5.41) is 5.27. The fourth-order valence-corrected chi connectivity index (χ4v) is 2.54. The van der Waals surface area contributed by atoms with Crippen LogP contribution in [0.4, 0.5) is 5.69 Å². The molecule has 7 heteroatoms. The Morgan fingerprint density at radius 3 is 2.54 bits per heavy atom. The van der Waals surface area contributed by atoms with Crippen molar-refractivity contribution in [2.24, 2.45) is 5.92 Å². The summed E-state index contributed by atoms with van der Waals surface area (Å²) in [5.41, 5.74) is 1.06. The van der Waals surface area contributed by atoms with Crippen LogP contribution in [-0.4, -0.2) is 31.5 Å². The molecule has 0 aliphatic carbocycles. The fraction of sp³-hybridized carbons (Fsp3) is 0.353. The van der Waals surface area contributed by atoms with Gasteiger partial charge >= 0.3 is 5.97 Å². The summed E-state index contributed by atoms with van der Waals surface area (Å²) in [7, 11) is 1.24. The Morgan fingerprint density at radius 2 is 1.96 bits per heavy atom. The lowest BCUT2D eigenvalue weighted by molar-refractivity contribution is -0.139. The third kappa shape index (κ3) is 3.92. The van der Waals surface area contributed by atoms with Crippen LogP contribution in [0.25, 0.3) is 0 Å². The summed E-state index contributed by atoms with van der Waals surface area (Å²) in [6, 6.07) is 6.85. The van der Waals surface area contributed by atoms with E-state index in [1.54, 1.807) is 31.2 Å². The summed E-state index contributed by atoms with van der Waals surface area (Å²) in [4.78, 5) is 36.2. The summed E-state index contributed by atoms with van der Waals surface area (Å²) < 4.78 is 10.1. The molecule has 0 spiro atoms. The van der Waals surface area contributed by atoms with E-state index in [1.165, 1.54) is 7.11 Å². The molecule has 128 valence electrons. The number of carbonyl (C=O) groups is 3. The molecule has 1 unspecified atom stereocenters. The molecule has 1 aliphatic rings. The Bertz CT molecular complexity index is 679. The third-order valence-electron chi connectivity index (χ3n) is 3.62. The first-order valence-corrected chi connectivity index (χ1v) is 7.59. The number of ether oxygens (including phenoxy) is 2. The van der Waals surface area contributed by atoms with Crippen LogP contribution in [0.3, 0.4) is 0 Å². The van der Waals surface area contributed by atoms with Gasteiger partial charge in [0.05, 0.1) is 25.2 Å². The average Bonchev–Trinajstić information content (AvgIpc) is 2.55. The maximum atomic E-state index is 12.5. The molecule has 24 heavy (non-hydrogen) atoms. The van der Waals surface area contributed by atoms with E-state index in [9.17, 15) is 14.4 Å². The molecule has 0 saturated carbocycles. The van der Waals surface area contributed by atoms with Crippen molar-refractivity contribution in [1.82, 2.24) is 5.32 Å². The molecule has 0 aromatic heterocycles. The first-order chi connectivity index (χ1) is 11.5. The van der Waals surface area contributed by atoms with Crippen LogP contribution >= 0.6 is 0 Å². The third-order valence-corrected chi connectivity index (χ3v) is 3.62. The van der Waals surface area contributed by atoms with Crippen LogP contribution in [-0.2, 0) is 19.1 Å². The SMILES string of the molecule is CCOc1ccc(NC(=O)C2CC(=O)NC(C)=C2C(=O)OC)cc1. The highest BCUT2D eigenvalue weighted by atomic mass is 16.5. The van der Waals surface area contributed by atoms with Gasteiger partial charge in [0.2, 0.25) is 11.8 Å². The Hall–Kier alpha value is -2.83. The van der Waals surface area contributed by atoms with Gasteiger partial charge < -0.3 is 20.1 Å². The van der Waals surface area contributed by atoms with Crippen molar-refractivity contribution >= 4 is 23.5 Å². The maximum Gasteiger partial charge on any atom is 0.336 e. The van der Waals surface area contributed by atoms with Crippen molar-refractivity contribution < 1.29 is 23.9 Å². The number of hydrogen-bond acceptors (Lipinski definition) is 5. The van der Waals surface area contributed by atoms with Gasteiger partial charge in [-0.05, 0) is 38.1 Å². The number of carbonyl (C=O) groups excluding carboxylic acids is 3. The van der Waals surface area contributed by atoms with Crippen molar-refractivity contribution in [3.63, 3.8) is 0 Å². The summed E-state index contributed by atoms with van der Waals surface area (Å²) in [6.45, 7) is 4.00. The highest BCUT2D eigenvalue weighted by Gasteiger charge is 2.36. The highest BCUT2D eigenvalue weighted by Crippen LogP contribution is 2.26. The molecule has 0 bridgehead atoms. The first-order valence-electron chi connectivity index (χ1n) is 7.59. The smallest absolute Gasteiger partial charge is 0.336 e. The van der Waals surface area contributed by atoms with E-state index in [0.29, 0.717) is 23.7 Å². The van der Waals surface area contributed by atoms with Crippen molar-refractivity contribution in [2.75, 3.05) is 19.0 Å². The van der Waals surface area contributed by atoms with E-state index in [1.807, 2.05) is 6.92 Å². The standard InChI is InChI=1S/C17H20N2O5/c1-4-24-12-7-5-11(6-8-12)19-16(21)13-9-14(20)18-10(2)15(13)17(22)23-3/h5-8,13H,4,9H2,1-3H3,(H,18,20)(H,19,21). The van der Waals surface area contributed by atoms with Crippen molar-refractivity contribution in [2.45, 2.75) is 20.3 Å². The Balaban J connectivity index is 2.18. The zero-order chi connectivity index (χ0) is 17.7. The van der Waals surface area contributed by atoms with Crippen molar-refractivity contribution in [1.29, 1.82) is 0 Å². The number of allylic oxidation sites excluding steroid dienone is 1. The van der Waals surface area contributed by atoms with Crippen LogP contribution in [0.1, 0.15) is 20.3 Å². The fourth-order valence-electron chi connectivity index (χ4n) is 2.54. The molecule has 1 heterocycles. The molecule has 1 aromatic rings.